The summed E-state index contributed by atoms with van der Waals surface area (Å²) in [5.41, 5.74) is 0. The van der Waals surface area contributed by atoms with E-state index in [1.54, 1.807) is 11.3 Å². The molecule has 1 unspecified atom stereocenters. The molecule has 2 rings (SSSR count). The summed E-state index contributed by atoms with van der Waals surface area (Å²) in [4.78, 5) is 17.1. The molecule has 0 radical (unpaired) electrons. The van der Waals surface area contributed by atoms with E-state index in [-0.39, 0.29) is 12.5 Å². The number of hydrogen-bond donors (Lipinski definition) is 1. The summed E-state index contributed by atoms with van der Waals surface area (Å²) >= 11 is 4.86. The summed E-state index contributed by atoms with van der Waals surface area (Å²) in [6.45, 7) is 0.915. The zero-order valence-corrected chi connectivity index (χ0v) is 10.4. The van der Waals surface area contributed by atoms with Crippen molar-refractivity contribution in [1.29, 1.82) is 0 Å². The first-order valence-corrected chi connectivity index (χ1v) is 6.43. The lowest BCUT2D eigenvalue weighted by atomic mass is 10.1. The number of rotatable bonds is 3. The summed E-state index contributed by atoms with van der Waals surface area (Å²) in [6, 6.07) is 0.112. The summed E-state index contributed by atoms with van der Waals surface area (Å²) in [5.74, 6) is -0.734. The second kappa shape index (κ2) is 4.49. The second-order valence-corrected chi connectivity index (χ2v) is 5.19. The van der Waals surface area contributed by atoms with E-state index >= 15 is 0 Å². The smallest absolute Gasteiger partial charge is 0.305 e. The standard InChI is InChI=1S/C9H11BrN2O2S/c10-7-5-15-9(11-7)12-3-1-2-6(12)4-8(13)14/h5-6H,1-4H2,(H,13,14). The van der Waals surface area contributed by atoms with Gasteiger partial charge in [0.1, 0.15) is 4.60 Å². The number of carboxylic acid groups (broad SMARTS) is 1. The lowest BCUT2D eigenvalue weighted by molar-refractivity contribution is -0.137. The zero-order valence-electron chi connectivity index (χ0n) is 8.02. The van der Waals surface area contributed by atoms with Gasteiger partial charge >= 0.3 is 5.97 Å². The highest BCUT2D eigenvalue weighted by molar-refractivity contribution is 9.10. The molecule has 1 aromatic heterocycles. The lowest BCUT2D eigenvalue weighted by Crippen LogP contribution is -2.31. The van der Waals surface area contributed by atoms with Crippen LogP contribution in [0.25, 0.3) is 0 Å². The Morgan fingerprint density at radius 3 is 3.20 bits per heavy atom. The predicted molar refractivity (Wildman–Crippen MR) is 62.4 cm³/mol. The highest BCUT2D eigenvalue weighted by atomic mass is 79.9. The molecule has 0 aliphatic carbocycles. The van der Waals surface area contributed by atoms with Gasteiger partial charge in [0.2, 0.25) is 0 Å². The van der Waals surface area contributed by atoms with Crippen molar-refractivity contribution >= 4 is 38.4 Å². The van der Waals surface area contributed by atoms with Gasteiger partial charge in [-0.3, -0.25) is 4.79 Å². The minimum absolute atomic E-state index is 0.112. The van der Waals surface area contributed by atoms with Gasteiger partial charge in [0, 0.05) is 18.0 Å². The lowest BCUT2D eigenvalue weighted by Gasteiger charge is -2.22. The van der Waals surface area contributed by atoms with Gasteiger partial charge < -0.3 is 10.0 Å². The first-order chi connectivity index (χ1) is 7.16. The SMILES string of the molecule is O=C(O)CC1CCCN1c1nc(Br)cs1. The second-order valence-electron chi connectivity index (χ2n) is 3.54. The topological polar surface area (TPSA) is 53.4 Å². The molecule has 1 aliphatic rings. The monoisotopic (exact) mass is 290 g/mol. The molecule has 0 aromatic carbocycles. The highest BCUT2D eigenvalue weighted by Gasteiger charge is 2.28. The van der Waals surface area contributed by atoms with Gasteiger partial charge in [0.25, 0.3) is 0 Å². The van der Waals surface area contributed by atoms with E-state index in [0.29, 0.717) is 0 Å². The average Bonchev–Trinajstić information content (AvgIpc) is 2.72. The maximum atomic E-state index is 10.7. The third-order valence-electron chi connectivity index (χ3n) is 2.50. The molecule has 0 amide bonds. The Balaban J connectivity index is 2.10. The van der Waals surface area contributed by atoms with Crippen LogP contribution in [0.15, 0.2) is 9.98 Å². The third-order valence-corrected chi connectivity index (χ3v) is 4.08. The molecule has 15 heavy (non-hydrogen) atoms. The molecule has 1 saturated heterocycles. The number of anilines is 1. The maximum Gasteiger partial charge on any atom is 0.305 e. The predicted octanol–water partition coefficient (Wildman–Crippen LogP) is 2.35. The van der Waals surface area contributed by atoms with E-state index in [1.165, 1.54) is 0 Å². The van der Waals surface area contributed by atoms with Crippen LogP contribution in [-0.2, 0) is 4.79 Å². The Kier molecular flexibility index (Phi) is 3.25. The van der Waals surface area contributed by atoms with Gasteiger partial charge in [-0.25, -0.2) is 4.98 Å². The molecule has 1 fully saturated rings. The van der Waals surface area contributed by atoms with Gasteiger partial charge in [0.05, 0.1) is 6.42 Å². The Bertz CT molecular complexity index is 369. The van der Waals surface area contributed by atoms with E-state index in [9.17, 15) is 4.79 Å². The molecule has 2 heterocycles. The summed E-state index contributed by atoms with van der Waals surface area (Å²) < 4.78 is 0.823. The van der Waals surface area contributed by atoms with Gasteiger partial charge in [-0.1, -0.05) is 0 Å². The zero-order chi connectivity index (χ0) is 10.8. The van der Waals surface area contributed by atoms with Crippen LogP contribution >= 0.6 is 27.3 Å². The molecule has 0 spiro atoms. The number of halogens is 1. The minimum Gasteiger partial charge on any atom is -0.481 e. The Labute approximate surface area is 100 Å². The number of aromatic nitrogens is 1. The van der Waals surface area contributed by atoms with Crippen molar-refractivity contribution in [2.75, 3.05) is 11.4 Å². The number of carbonyl (C=O) groups is 1. The first-order valence-electron chi connectivity index (χ1n) is 4.76. The van der Waals surface area contributed by atoms with Crippen molar-refractivity contribution in [3.05, 3.63) is 9.98 Å². The summed E-state index contributed by atoms with van der Waals surface area (Å²) in [6.07, 6.45) is 2.20. The molecule has 1 aromatic rings. The van der Waals surface area contributed by atoms with Crippen LogP contribution in [0.2, 0.25) is 0 Å². The molecule has 1 N–H and O–H groups in total. The fourth-order valence-corrected chi connectivity index (χ4v) is 3.23. The molecular weight excluding hydrogens is 280 g/mol. The fourth-order valence-electron chi connectivity index (χ4n) is 1.88. The Morgan fingerprint density at radius 2 is 2.60 bits per heavy atom. The largest absolute Gasteiger partial charge is 0.481 e. The van der Waals surface area contributed by atoms with Crippen LogP contribution in [0.5, 0.6) is 0 Å². The third kappa shape index (κ3) is 2.49. The summed E-state index contributed by atoms with van der Waals surface area (Å²) in [7, 11) is 0. The van der Waals surface area contributed by atoms with Gasteiger partial charge in [-0.05, 0) is 28.8 Å². The van der Waals surface area contributed by atoms with Crippen LogP contribution in [-0.4, -0.2) is 28.6 Å². The van der Waals surface area contributed by atoms with Gasteiger partial charge in [0.15, 0.2) is 5.13 Å². The molecule has 0 saturated carbocycles. The van der Waals surface area contributed by atoms with Crippen LogP contribution < -0.4 is 4.90 Å². The van der Waals surface area contributed by atoms with Gasteiger partial charge in [-0.15, -0.1) is 11.3 Å². The molecular formula is C9H11BrN2O2S. The number of hydrogen-bond acceptors (Lipinski definition) is 4. The molecule has 6 heteroatoms. The molecule has 0 bridgehead atoms. The Hall–Kier alpha value is -0.620. The van der Waals surface area contributed by atoms with Crippen molar-refractivity contribution in [3.8, 4) is 0 Å². The van der Waals surface area contributed by atoms with Crippen LogP contribution in [0.1, 0.15) is 19.3 Å². The van der Waals surface area contributed by atoms with Crippen molar-refractivity contribution in [2.24, 2.45) is 0 Å². The number of nitrogens with zero attached hydrogens (tertiary/aromatic N) is 2. The Morgan fingerprint density at radius 1 is 1.80 bits per heavy atom. The number of thiazole rings is 1. The molecule has 1 atom stereocenters. The molecule has 4 nitrogen and oxygen atoms in total. The molecule has 1 aliphatic heterocycles. The highest BCUT2D eigenvalue weighted by Crippen LogP contribution is 2.31. The first kappa shape index (κ1) is 10.9. The van der Waals surface area contributed by atoms with Crippen molar-refractivity contribution in [2.45, 2.75) is 25.3 Å². The average molecular weight is 291 g/mol. The summed E-state index contributed by atoms with van der Waals surface area (Å²) in [5, 5.41) is 11.6. The normalized spacial score (nSPS) is 20.9. The van der Waals surface area contributed by atoms with E-state index in [0.717, 1.165) is 29.1 Å². The quantitative estimate of drug-likeness (QED) is 0.928. The van der Waals surface area contributed by atoms with E-state index in [1.807, 2.05) is 5.38 Å². The van der Waals surface area contributed by atoms with Crippen LogP contribution in [0.3, 0.4) is 0 Å². The van der Waals surface area contributed by atoms with Crippen molar-refractivity contribution < 1.29 is 9.90 Å². The fraction of sp³-hybridized carbons (Fsp3) is 0.556. The molecule has 82 valence electrons. The van der Waals surface area contributed by atoms with E-state index < -0.39 is 5.97 Å². The van der Waals surface area contributed by atoms with E-state index in [2.05, 4.69) is 25.8 Å². The maximum absolute atomic E-state index is 10.7. The van der Waals surface area contributed by atoms with Crippen LogP contribution in [0.4, 0.5) is 5.13 Å². The number of carboxylic acids is 1. The van der Waals surface area contributed by atoms with Crippen molar-refractivity contribution in [3.63, 3.8) is 0 Å². The van der Waals surface area contributed by atoms with Crippen molar-refractivity contribution in [1.82, 2.24) is 4.98 Å². The van der Waals surface area contributed by atoms with Gasteiger partial charge in [-0.2, -0.15) is 0 Å². The number of aliphatic carboxylic acids is 1. The van der Waals surface area contributed by atoms with Crippen LogP contribution in [0, 0.1) is 0 Å². The minimum atomic E-state index is -0.734. The van der Waals surface area contributed by atoms with E-state index in [4.69, 9.17) is 5.11 Å².